The number of thiophene rings is 1. The van der Waals surface area contributed by atoms with Crippen LogP contribution in [0.2, 0.25) is 0 Å². The van der Waals surface area contributed by atoms with Gasteiger partial charge in [-0.25, -0.2) is 18.7 Å². The number of primary sulfonamides is 1. The summed E-state index contributed by atoms with van der Waals surface area (Å²) in [6.45, 7) is 0. The number of hydrogen-bond donors (Lipinski definition) is 2. The van der Waals surface area contributed by atoms with Crippen LogP contribution in [0.25, 0.3) is 10.7 Å². The summed E-state index contributed by atoms with van der Waals surface area (Å²) in [5.74, 6) is 0.306. The van der Waals surface area contributed by atoms with Gasteiger partial charge in [0, 0.05) is 4.47 Å². The van der Waals surface area contributed by atoms with Crippen molar-refractivity contribution in [3.05, 3.63) is 15.9 Å². The Labute approximate surface area is 97.7 Å². The number of aromatic nitrogens is 3. The largest absolute Gasteiger partial charge is 0.273 e. The second-order valence-corrected chi connectivity index (χ2v) is 5.85. The molecule has 0 unspecified atom stereocenters. The van der Waals surface area contributed by atoms with Gasteiger partial charge in [0.25, 0.3) is 15.2 Å². The highest BCUT2D eigenvalue weighted by atomic mass is 79.9. The molecule has 0 atom stereocenters. The van der Waals surface area contributed by atoms with Gasteiger partial charge in [-0.1, -0.05) is 0 Å². The Bertz CT molecular complexity index is 588. The van der Waals surface area contributed by atoms with Gasteiger partial charge in [0.15, 0.2) is 5.82 Å². The monoisotopic (exact) mass is 308 g/mol. The molecule has 0 fully saturated rings. The predicted molar refractivity (Wildman–Crippen MR) is 58.8 cm³/mol. The number of nitrogens with zero attached hydrogens (tertiary/aromatic N) is 2. The third kappa shape index (κ3) is 2.09. The van der Waals surface area contributed by atoms with E-state index >= 15 is 0 Å². The molecule has 0 saturated carbocycles. The zero-order chi connectivity index (χ0) is 11.1. The van der Waals surface area contributed by atoms with Gasteiger partial charge in [-0.05, 0) is 27.4 Å². The molecule has 0 aliphatic rings. The van der Waals surface area contributed by atoms with Crippen molar-refractivity contribution in [1.29, 1.82) is 0 Å². The maximum absolute atomic E-state index is 10.9. The van der Waals surface area contributed by atoms with Crippen LogP contribution >= 0.6 is 27.3 Å². The van der Waals surface area contributed by atoms with Gasteiger partial charge in [0.2, 0.25) is 0 Å². The van der Waals surface area contributed by atoms with E-state index in [0.717, 1.165) is 9.35 Å². The molecular weight excluding hydrogens is 304 g/mol. The fourth-order valence-electron chi connectivity index (χ4n) is 0.929. The molecule has 2 aromatic rings. The lowest BCUT2D eigenvalue weighted by Crippen LogP contribution is -2.13. The van der Waals surface area contributed by atoms with Crippen molar-refractivity contribution >= 4 is 37.3 Å². The smallest absolute Gasteiger partial charge is 0.248 e. The molecule has 2 heterocycles. The fourth-order valence-corrected chi connectivity index (χ4v) is 2.80. The molecule has 0 aliphatic heterocycles. The minimum atomic E-state index is -3.83. The minimum absolute atomic E-state index is 0.306. The van der Waals surface area contributed by atoms with E-state index in [1.165, 1.54) is 11.3 Å². The summed E-state index contributed by atoms with van der Waals surface area (Å²) in [6.07, 6.45) is 0. The first-order valence-electron chi connectivity index (χ1n) is 3.67. The molecule has 6 nitrogen and oxygen atoms in total. The van der Waals surface area contributed by atoms with Gasteiger partial charge in [-0.15, -0.1) is 11.3 Å². The summed E-state index contributed by atoms with van der Waals surface area (Å²) in [4.78, 5) is 4.54. The Morgan fingerprint density at radius 1 is 1.53 bits per heavy atom. The van der Waals surface area contributed by atoms with Gasteiger partial charge in [0.05, 0.1) is 4.88 Å². The maximum atomic E-state index is 10.9. The molecule has 0 aliphatic carbocycles. The molecular formula is C6H5BrN4O2S2. The molecule has 2 rings (SSSR count). The normalized spacial score (nSPS) is 11.9. The Morgan fingerprint density at radius 3 is 2.73 bits per heavy atom. The van der Waals surface area contributed by atoms with Crippen molar-refractivity contribution in [2.45, 2.75) is 5.16 Å². The molecule has 15 heavy (non-hydrogen) atoms. The van der Waals surface area contributed by atoms with Crippen LogP contribution in [-0.4, -0.2) is 23.6 Å². The lowest BCUT2D eigenvalue weighted by Gasteiger charge is -1.89. The van der Waals surface area contributed by atoms with Crippen LogP contribution in [0.5, 0.6) is 0 Å². The molecule has 0 amide bonds. The molecule has 80 valence electrons. The lowest BCUT2D eigenvalue weighted by molar-refractivity contribution is 0.589. The van der Waals surface area contributed by atoms with E-state index < -0.39 is 10.0 Å². The van der Waals surface area contributed by atoms with Crippen LogP contribution < -0.4 is 5.14 Å². The van der Waals surface area contributed by atoms with Crippen LogP contribution in [0, 0.1) is 0 Å². The number of hydrogen-bond acceptors (Lipinski definition) is 5. The Morgan fingerprint density at radius 2 is 2.27 bits per heavy atom. The Hall–Kier alpha value is -0.770. The first-order chi connectivity index (χ1) is 6.98. The topological polar surface area (TPSA) is 102 Å². The summed E-state index contributed by atoms with van der Waals surface area (Å²) >= 11 is 4.70. The summed E-state index contributed by atoms with van der Waals surface area (Å²) < 4.78 is 22.7. The average Bonchev–Trinajstić information content (AvgIpc) is 2.69. The molecule has 0 saturated heterocycles. The van der Waals surface area contributed by atoms with E-state index in [2.05, 4.69) is 31.1 Å². The number of nitrogens with two attached hydrogens (primary N) is 1. The van der Waals surface area contributed by atoms with Crippen LogP contribution in [0.1, 0.15) is 0 Å². The Kier molecular flexibility index (Phi) is 2.63. The van der Waals surface area contributed by atoms with Crippen LogP contribution in [0.3, 0.4) is 0 Å². The summed E-state index contributed by atoms with van der Waals surface area (Å²) in [7, 11) is -3.83. The quantitative estimate of drug-likeness (QED) is 0.862. The zero-order valence-corrected chi connectivity index (χ0v) is 10.4. The van der Waals surface area contributed by atoms with E-state index in [1.54, 1.807) is 0 Å². The molecule has 9 heteroatoms. The van der Waals surface area contributed by atoms with E-state index in [0.29, 0.717) is 5.82 Å². The van der Waals surface area contributed by atoms with Crippen molar-refractivity contribution < 1.29 is 8.42 Å². The van der Waals surface area contributed by atoms with Gasteiger partial charge in [-0.2, -0.15) is 10.1 Å². The number of sulfonamides is 1. The average molecular weight is 309 g/mol. The van der Waals surface area contributed by atoms with Gasteiger partial charge >= 0.3 is 0 Å². The van der Waals surface area contributed by atoms with Crippen LogP contribution in [0.15, 0.2) is 21.1 Å². The van der Waals surface area contributed by atoms with Gasteiger partial charge < -0.3 is 0 Å². The molecule has 0 radical (unpaired) electrons. The van der Waals surface area contributed by atoms with Crippen LogP contribution in [-0.2, 0) is 10.0 Å². The zero-order valence-electron chi connectivity index (χ0n) is 7.14. The third-order valence-corrected chi connectivity index (χ3v) is 4.11. The lowest BCUT2D eigenvalue weighted by atomic mass is 10.4. The second kappa shape index (κ2) is 3.67. The standard InChI is InChI=1S/C6H5BrN4O2S2/c7-3-1-2-14-4(3)5-9-6(11-10-5)15(8,12)13/h1-2H,(H2,8,12,13)(H,9,10,11). The highest BCUT2D eigenvalue weighted by Crippen LogP contribution is 2.31. The number of nitrogens with one attached hydrogen (secondary N) is 1. The molecule has 0 aromatic carbocycles. The Balaban J connectivity index is 2.50. The second-order valence-electron chi connectivity index (χ2n) is 2.61. The van der Waals surface area contributed by atoms with Crippen molar-refractivity contribution in [3.63, 3.8) is 0 Å². The van der Waals surface area contributed by atoms with E-state index in [4.69, 9.17) is 5.14 Å². The minimum Gasteiger partial charge on any atom is -0.248 e. The van der Waals surface area contributed by atoms with E-state index in [1.807, 2.05) is 11.4 Å². The first kappa shape index (κ1) is 10.7. The van der Waals surface area contributed by atoms with Crippen molar-refractivity contribution in [3.8, 4) is 10.7 Å². The number of aromatic amines is 1. The van der Waals surface area contributed by atoms with Gasteiger partial charge in [0.1, 0.15) is 0 Å². The fraction of sp³-hybridized carbons (Fsp3) is 0. The number of halogens is 1. The molecule has 2 aromatic heterocycles. The SMILES string of the molecule is NS(=O)(=O)c1nc(-c2sccc2Br)n[nH]1. The number of rotatable bonds is 2. The van der Waals surface area contributed by atoms with Gasteiger partial charge in [-0.3, -0.25) is 0 Å². The highest BCUT2D eigenvalue weighted by molar-refractivity contribution is 9.10. The van der Waals surface area contributed by atoms with E-state index in [-0.39, 0.29) is 5.16 Å². The first-order valence-corrected chi connectivity index (χ1v) is 6.89. The van der Waals surface area contributed by atoms with Crippen LogP contribution in [0.4, 0.5) is 0 Å². The summed E-state index contributed by atoms with van der Waals surface area (Å²) in [5, 5.41) is 12.4. The van der Waals surface area contributed by atoms with Crippen molar-refractivity contribution in [2.24, 2.45) is 5.14 Å². The number of H-pyrrole nitrogens is 1. The molecule has 3 N–H and O–H groups in total. The van der Waals surface area contributed by atoms with E-state index in [9.17, 15) is 8.42 Å². The maximum Gasteiger partial charge on any atom is 0.273 e. The predicted octanol–water partition coefficient (Wildman–Crippen LogP) is 0.943. The molecule has 0 spiro atoms. The third-order valence-electron chi connectivity index (χ3n) is 1.55. The summed E-state index contributed by atoms with van der Waals surface area (Å²) in [6, 6.07) is 1.83. The molecule has 0 bridgehead atoms. The summed E-state index contributed by atoms with van der Waals surface area (Å²) in [5.41, 5.74) is 0. The highest BCUT2D eigenvalue weighted by Gasteiger charge is 2.16. The van der Waals surface area contributed by atoms with Crippen molar-refractivity contribution in [2.75, 3.05) is 0 Å². The van der Waals surface area contributed by atoms with Crippen molar-refractivity contribution in [1.82, 2.24) is 15.2 Å².